The molecule has 1 aliphatic rings. The Kier molecular flexibility index (Phi) is 6.95. The molecule has 1 fully saturated rings. The van der Waals surface area contributed by atoms with Gasteiger partial charge in [0.05, 0.1) is 20.3 Å². The summed E-state index contributed by atoms with van der Waals surface area (Å²) in [6.45, 7) is 3.13. The largest absolute Gasteiger partial charge is 0.493 e. The monoisotopic (exact) mass is 388 g/mol. The van der Waals surface area contributed by atoms with Gasteiger partial charge in [0.1, 0.15) is 0 Å². The number of nitrogens with one attached hydrogen (secondary N) is 2. The molecule has 7 heteroatoms. The van der Waals surface area contributed by atoms with Crippen LogP contribution in [0.2, 0.25) is 0 Å². The van der Waals surface area contributed by atoms with E-state index >= 15 is 0 Å². The highest BCUT2D eigenvalue weighted by molar-refractivity contribution is 7.10. The molecule has 2 heterocycles. The van der Waals surface area contributed by atoms with Crippen molar-refractivity contribution in [2.24, 2.45) is 4.99 Å². The number of nitrogens with zero attached hydrogens (tertiary/aromatic N) is 2. The fourth-order valence-corrected chi connectivity index (χ4v) is 4.23. The molecule has 0 amide bonds. The van der Waals surface area contributed by atoms with Crippen LogP contribution in [-0.2, 0) is 0 Å². The lowest BCUT2D eigenvalue weighted by atomic mass is 10.2. The number of aliphatic imine (C=N–C) groups is 1. The summed E-state index contributed by atoms with van der Waals surface area (Å²) in [5.74, 6) is 2.13. The first-order chi connectivity index (χ1) is 13.2. The van der Waals surface area contributed by atoms with Gasteiger partial charge in [-0.05, 0) is 49.5 Å². The zero-order valence-electron chi connectivity index (χ0n) is 16.2. The summed E-state index contributed by atoms with van der Waals surface area (Å²) in [7, 11) is 5.05. The van der Waals surface area contributed by atoms with Crippen molar-refractivity contribution in [1.29, 1.82) is 0 Å². The molecule has 1 aliphatic heterocycles. The van der Waals surface area contributed by atoms with E-state index in [-0.39, 0.29) is 0 Å². The molecule has 2 aromatic rings. The minimum Gasteiger partial charge on any atom is -0.493 e. The van der Waals surface area contributed by atoms with Crippen LogP contribution in [0.3, 0.4) is 0 Å². The van der Waals surface area contributed by atoms with E-state index < -0.39 is 0 Å². The SMILES string of the molecule is CN=C(NCC(c1cccs1)N1CCCC1)Nc1ccc(OC)c(OC)c1. The van der Waals surface area contributed by atoms with E-state index in [2.05, 4.69) is 38.0 Å². The summed E-state index contributed by atoms with van der Waals surface area (Å²) in [5, 5.41) is 8.96. The maximum Gasteiger partial charge on any atom is 0.195 e. The average Bonchev–Trinajstić information content (AvgIpc) is 3.41. The van der Waals surface area contributed by atoms with Crippen LogP contribution in [0.25, 0.3) is 0 Å². The highest BCUT2D eigenvalue weighted by atomic mass is 32.1. The van der Waals surface area contributed by atoms with Gasteiger partial charge < -0.3 is 20.1 Å². The first-order valence-electron chi connectivity index (χ1n) is 9.22. The third kappa shape index (κ3) is 4.93. The molecule has 146 valence electrons. The van der Waals surface area contributed by atoms with Gasteiger partial charge in [0.15, 0.2) is 17.5 Å². The van der Waals surface area contributed by atoms with Crippen LogP contribution in [0.4, 0.5) is 5.69 Å². The fraction of sp³-hybridized carbons (Fsp3) is 0.450. The van der Waals surface area contributed by atoms with E-state index in [4.69, 9.17) is 9.47 Å². The van der Waals surface area contributed by atoms with E-state index in [1.54, 1.807) is 21.3 Å². The standard InChI is InChI=1S/C20H28N4O2S/c1-21-20(23-15-8-9-17(25-2)18(13-15)26-3)22-14-16(19-7-6-12-27-19)24-10-4-5-11-24/h6-9,12-13,16H,4-5,10-11,14H2,1-3H3,(H2,21,22,23). The summed E-state index contributed by atoms with van der Waals surface area (Å²) in [6.07, 6.45) is 2.56. The maximum atomic E-state index is 5.38. The molecule has 0 radical (unpaired) electrons. The summed E-state index contributed by atoms with van der Waals surface area (Å²) in [6, 6.07) is 10.5. The zero-order chi connectivity index (χ0) is 19.1. The van der Waals surface area contributed by atoms with E-state index in [0.717, 1.165) is 31.3 Å². The number of guanidine groups is 1. The van der Waals surface area contributed by atoms with Gasteiger partial charge in [0.2, 0.25) is 0 Å². The Bertz CT molecular complexity index is 742. The summed E-state index contributed by atoms with van der Waals surface area (Å²) in [5.41, 5.74) is 0.898. The van der Waals surface area contributed by atoms with Gasteiger partial charge in [-0.3, -0.25) is 9.89 Å². The van der Waals surface area contributed by atoms with Crippen molar-refractivity contribution in [2.75, 3.05) is 46.2 Å². The Balaban J connectivity index is 1.65. The van der Waals surface area contributed by atoms with Gasteiger partial charge in [-0.1, -0.05) is 6.07 Å². The molecule has 1 aromatic carbocycles. The maximum absolute atomic E-state index is 5.38. The molecule has 1 aromatic heterocycles. The number of thiophene rings is 1. The van der Waals surface area contributed by atoms with Crippen molar-refractivity contribution >= 4 is 23.0 Å². The molecule has 1 saturated heterocycles. The van der Waals surface area contributed by atoms with E-state index in [0.29, 0.717) is 17.5 Å². The summed E-state index contributed by atoms with van der Waals surface area (Å²) in [4.78, 5) is 8.32. The molecule has 0 bridgehead atoms. The Hall–Kier alpha value is -2.25. The molecule has 1 atom stereocenters. The Labute approximate surface area is 165 Å². The fourth-order valence-electron chi connectivity index (χ4n) is 3.37. The molecule has 0 aliphatic carbocycles. The van der Waals surface area contributed by atoms with Gasteiger partial charge in [-0.25, -0.2) is 0 Å². The third-order valence-corrected chi connectivity index (χ3v) is 5.76. The molecular weight excluding hydrogens is 360 g/mol. The lowest BCUT2D eigenvalue weighted by Crippen LogP contribution is -2.39. The summed E-state index contributed by atoms with van der Waals surface area (Å²) < 4.78 is 10.7. The van der Waals surface area contributed by atoms with Gasteiger partial charge in [0, 0.05) is 30.2 Å². The molecule has 27 heavy (non-hydrogen) atoms. The van der Waals surface area contributed by atoms with Gasteiger partial charge >= 0.3 is 0 Å². The minimum atomic E-state index is 0.372. The number of likely N-dealkylation sites (tertiary alicyclic amines) is 1. The first-order valence-corrected chi connectivity index (χ1v) is 10.1. The number of rotatable bonds is 7. The van der Waals surface area contributed by atoms with Crippen molar-refractivity contribution in [3.05, 3.63) is 40.6 Å². The van der Waals surface area contributed by atoms with Crippen LogP contribution in [-0.4, -0.2) is 51.8 Å². The number of hydrogen-bond acceptors (Lipinski definition) is 5. The predicted octanol–water partition coefficient (Wildman–Crippen LogP) is 3.59. The Morgan fingerprint density at radius 3 is 2.59 bits per heavy atom. The average molecular weight is 389 g/mol. The predicted molar refractivity (Wildman–Crippen MR) is 112 cm³/mol. The molecule has 6 nitrogen and oxygen atoms in total. The number of ether oxygens (including phenoxy) is 2. The zero-order valence-corrected chi connectivity index (χ0v) is 17.0. The number of hydrogen-bond donors (Lipinski definition) is 2. The number of methoxy groups -OCH3 is 2. The lowest BCUT2D eigenvalue weighted by Gasteiger charge is -2.27. The van der Waals surface area contributed by atoms with Crippen LogP contribution in [0.5, 0.6) is 11.5 Å². The highest BCUT2D eigenvalue weighted by Gasteiger charge is 2.24. The molecule has 3 rings (SSSR count). The molecule has 2 N–H and O–H groups in total. The van der Waals surface area contributed by atoms with Crippen LogP contribution in [0.1, 0.15) is 23.8 Å². The number of anilines is 1. The van der Waals surface area contributed by atoms with E-state index in [1.807, 2.05) is 29.5 Å². The van der Waals surface area contributed by atoms with Crippen molar-refractivity contribution in [2.45, 2.75) is 18.9 Å². The van der Waals surface area contributed by atoms with Crippen molar-refractivity contribution in [1.82, 2.24) is 10.2 Å². The van der Waals surface area contributed by atoms with Crippen LogP contribution >= 0.6 is 11.3 Å². The lowest BCUT2D eigenvalue weighted by molar-refractivity contribution is 0.249. The van der Waals surface area contributed by atoms with Crippen LogP contribution in [0, 0.1) is 0 Å². The van der Waals surface area contributed by atoms with E-state index in [1.165, 1.54) is 17.7 Å². The second-order valence-electron chi connectivity index (χ2n) is 6.42. The second-order valence-corrected chi connectivity index (χ2v) is 7.40. The Morgan fingerprint density at radius 2 is 1.96 bits per heavy atom. The topological polar surface area (TPSA) is 58.1 Å². The van der Waals surface area contributed by atoms with E-state index in [9.17, 15) is 0 Å². The first kappa shape index (κ1) is 19.5. The smallest absolute Gasteiger partial charge is 0.195 e. The van der Waals surface area contributed by atoms with Crippen LogP contribution in [0.15, 0.2) is 40.7 Å². The normalized spacial score (nSPS) is 16.2. The summed E-state index contributed by atoms with van der Waals surface area (Å²) >= 11 is 1.82. The quantitative estimate of drug-likeness (QED) is 0.561. The second kappa shape index (κ2) is 9.62. The van der Waals surface area contributed by atoms with Gasteiger partial charge in [-0.2, -0.15) is 0 Å². The van der Waals surface area contributed by atoms with Crippen molar-refractivity contribution in [3.63, 3.8) is 0 Å². The minimum absolute atomic E-state index is 0.372. The Morgan fingerprint density at radius 1 is 1.19 bits per heavy atom. The van der Waals surface area contributed by atoms with Gasteiger partial charge in [0.25, 0.3) is 0 Å². The highest BCUT2D eigenvalue weighted by Crippen LogP contribution is 2.30. The van der Waals surface area contributed by atoms with Crippen molar-refractivity contribution in [3.8, 4) is 11.5 Å². The van der Waals surface area contributed by atoms with Crippen molar-refractivity contribution < 1.29 is 9.47 Å². The molecule has 0 saturated carbocycles. The third-order valence-electron chi connectivity index (χ3n) is 4.79. The van der Waals surface area contributed by atoms with Gasteiger partial charge in [-0.15, -0.1) is 11.3 Å². The van der Waals surface area contributed by atoms with Crippen LogP contribution < -0.4 is 20.1 Å². The number of benzene rings is 1. The molecule has 0 spiro atoms. The molecule has 1 unspecified atom stereocenters. The molecular formula is C20H28N4O2S.